The molecule has 0 bridgehead atoms. The standard InChI is InChI=1S/C20H26N2O5S/c1-4-22(5-2)28(24,25)17-12-10-16(11-13-17)21-20(23)14-15-27-19-9-7-6-8-18(19)26-3/h6-13H,4-5,14-15H2,1-3H3,(H,21,23). The molecule has 0 radical (unpaired) electrons. The number of rotatable bonds is 10. The second-order valence-electron chi connectivity index (χ2n) is 5.91. The molecule has 0 atom stereocenters. The van der Waals surface area contributed by atoms with Crippen molar-refractivity contribution in [3.05, 3.63) is 48.5 Å². The zero-order valence-electron chi connectivity index (χ0n) is 16.3. The summed E-state index contributed by atoms with van der Waals surface area (Å²) in [4.78, 5) is 12.3. The average Bonchev–Trinajstić information content (AvgIpc) is 2.69. The number of nitrogens with one attached hydrogen (secondary N) is 1. The van der Waals surface area contributed by atoms with Crippen molar-refractivity contribution in [3.63, 3.8) is 0 Å². The quantitative estimate of drug-likeness (QED) is 0.655. The Labute approximate surface area is 166 Å². The van der Waals surface area contributed by atoms with E-state index in [1.165, 1.54) is 16.4 Å². The van der Waals surface area contributed by atoms with Gasteiger partial charge in [-0.25, -0.2) is 8.42 Å². The molecule has 0 aliphatic carbocycles. The molecule has 0 unspecified atom stereocenters. The van der Waals surface area contributed by atoms with E-state index in [1.807, 2.05) is 12.1 Å². The van der Waals surface area contributed by atoms with Crippen LogP contribution < -0.4 is 14.8 Å². The Bertz CT molecular complexity index is 878. The molecule has 0 fully saturated rings. The summed E-state index contributed by atoms with van der Waals surface area (Å²) in [7, 11) is -1.95. The maximum absolute atomic E-state index is 12.5. The van der Waals surface area contributed by atoms with Gasteiger partial charge in [0.15, 0.2) is 11.5 Å². The normalized spacial score (nSPS) is 11.3. The van der Waals surface area contributed by atoms with Crippen LogP contribution in [0.2, 0.25) is 0 Å². The van der Waals surface area contributed by atoms with Crippen LogP contribution in [-0.2, 0) is 14.8 Å². The van der Waals surface area contributed by atoms with E-state index in [0.717, 1.165) is 0 Å². The van der Waals surface area contributed by atoms with Crippen LogP contribution in [0.3, 0.4) is 0 Å². The van der Waals surface area contributed by atoms with Gasteiger partial charge in [0.05, 0.1) is 25.0 Å². The highest BCUT2D eigenvalue weighted by Crippen LogP contribution is 2.25. The summed E-state index contributed by atoms with van der Waals surface area (Å²) in [5.74, 6) is 0.950. The lowest BCUT2D eigenvalue weighted by Gasteiger charge is -2.18. The van der Waals surface area contributed by atoms with E-state index in [4.69, 9.17) is 9.47 Å². The van der Waals surface area contributed by atoms with Gasteiger partial charge in [-0.15, -0.1) is 0 Å². The van der Waals surface area contributed by atoms with Crippen LogP contribution in [-0.4, -0.2) is 45.4 Å². The van der Waals surface area contributed by atoms with Gasteiger partial charge in [0.1, 0.15) is 0 Å². The number of nitrogens with zero attached hydrogens (tertiary/aromatic N) is 1. The van der Waals surface area contributed by atoms with Crippen molar-refractivity contribution in [2.75, 3.05) is 32.1 Å². The van der Waals surface area contributed by atoms with Crippen LogP contribution in [0.5, 0.6) is 11.5 Å². The Morgan fingerprint density at radius 1 is 1.00 bits per heavy atom. The fourth-order valence-electron chi connectivity index (χ4n) is 2.64. The molecule has 0 saturated heterocycles. The van der Waals surface area contributed by atoms with E-state index in [9.17, 15) is 13.2 Å². The molecule has 2 aromatic carbocycles. The molecule has 2 rings (SSSR count). The summed E-state index contributed by atoms with van der Waals surface area (Å²) in [5, 5.41) is 2.73. The van der Waals surface area contributed by atoms with Gasteiger partial charge in [0.25, 0.3) is 0 Å². The molecule has 0 spiro atoms. The van der Waals surface area contributed by atoms with Crippen LogP contribution in [0, 0.1) is 0 Å². The van der Waals surface area contributed by atoms with E-state index in [-0.39, 0.29) is 23.8 Å². The van der Waals surface area contributed by atoms with Crippen LogP contribution in [0.15, 0.2) is 53.4 Å². The number of anilines is 1. The van der Waals surface area contributed by atoms with E-state index >= 15 is 0 Å². The van der Waals surface area contributed by atoms with Gasteiger partial charge < -0.3 is 14.8 Å². The first-order chi connectivity index (χ1) is 13.4. The van der Waals surface area contributed by atoms with E-state index < -0.39 is 10.0 Å². The van der Waals surface area contributed by atoms with E-state index in [2.05, 4.69) is 5.32 Å². The van der Waals surface area contributed by atoms with Crippen LogP contribution in [0.1, 0.15) is 20.3 Å². The number of sulfonamides is 1. The molecule has 0 heterocycles. The lowest BCUT2D eigenvalue weighted by atomic mass is 10.3. The largest absolute Gasteiger partial charge is 0.493 e. The smallest absolute Gasteiger partial charge is 0.243 e. The van der Waals surface area contributed by atoms with Gasteiger partial charge >= 0.3 is 0 Å². The number of methoxy groups -OCH3 is 1. The molecule has 0 aliphatic heterocycles. The topological polar surface area (TPSA) is 84.9 Å². The van der Waals surface area contributed by atoms with Crippen molar-refractivity contribution < 1.29 is 22.7 Å². The van der Waals surface area contributed by atoms with Crippen LogP contribution >= 0.6 is 0 Å². The second-order valence-corrected chi connectivity index (χ2v) is 7.85. The predicted molar refractivity (Wildman–Crippen MR) is 108 cm³/mol. The minimum Gasteiger partial charge on any atom is -0.493 e. The van der Waals surface area contributed by atoms with Crippen molar-refractivity contribution in [2.45, 2.75) is 25.2 Å². The first-order valence-corrected chi connectivity index (χ1v) is 10.5. The number of carbonyl (C=O) groups excluding carboxylic acids is 1. The maximum Gasteiger partial charge on any atom is 0.243 e. The minimum absolute atomic E-state index is 0.150. The lowest BCUT2D eigenvalue weighted by Crippen LogP contribution is -2.30. The molecular formula is C20H26N2O5S. The first-order valence-electron chi connectivity index (χ1n) is 9.08. The Kier molecular flexibility index (Phi) is 7.83. The number of carbonyl (C=O) groups is 1. The first kappa shape index (κ1) is 21.7. The Morgan fingerprint density at radius 3 is 2.18 bits per heavy atom. The summed E-state index contributed by atoms with van der Waals surface area (Å²) < 4.78 is 37.1. The van der Waals surface area contributed by atoms with Crippen molar-refractivity contribution >= 4 is 21.6 Å². The average molecular weight is 407 g/mol. The molecule has 1 amide bonds. The summed E-state index contributed by atoms with van der Waals surface area (Å²) in [6, 6.07) is 13.4. The van der Waals surface area contributed by atoms with Crippen molar-refractivity contribution in [1.29, 1.82) is 0 Å². The summed E-state index contributed by atoms with van der Waals surface area (Å²) in [6.07, 6.45) is 0.150. The predicted octanol–water partition coefficient (Wildman–Crippen LogP) is 3.13. The summed E-state index contributed by atoms with van der Waals surface area (Å²) in [5.41, 5.74) is 0.529. The van der Waals surface area contributed by atoms with Crippen molar-refractivity contribution in [3.8, 4) is 11.5 Å². The van der Waals surface area contributed by atoms with Crippen molar-refractivity contribution in [1.82, 2.24) is 4.31 Å². The number of hydrogen-bond acceptors (Lipinski definition) is 5. The number of hydrogen-bond donors (Lipinski definition) is 1. The molecule has 152 valence electrons. The molecule has 0 aromatic heterocycles. The number of amides is 1. The highest BCUT2D eigenvalue weighted by molar-refractivity contribution is 7.89. The third-order valence-corrected chi connectivity index (χ3v) is 6.20. The Hall–Kier alpha value is -2.58. The van der Waals surface area contributed by atoms with Gasteiger partial charge in [0.2, 0.25) is 15.9 Å². The Morgan fingerprint density at radius 2 is 1.61 bits per heavy atom. The number of para-hydroxylation sites is 2. The zero-order chi connectivity index (χ0) is 20.6. The van der Waals surface area contributed by atoms with Gasteiger partial charge in [-0.05, 0) is 36.4 Å². The third kappa shape index (κ3) is 5.46. The number of benzene rings is 2. The minimum atomic E-state index is -3.51. The highest BCUT2D eigenvalue weighted by Gasteiger charge is 2.21. The third-order valence-electron chi connectivity index (χ3n) is 4.14. The van der Waals surface area contributed by atoms with Gasteiger partial charge in [0, 0.05) is 18.8 Å². The molecule has 1 N–H and O–H groups in total. The highest BCUT2D eigenvalue weighted by atomic mass is 32.2. The number of ether oxygens (including phenoxy) is 2. The monoisotopic (exact) mass is 406 g/mol. The van der Waals surface area contributed by atoms with E-state index in [0.29, 0.717) is 30.3 Å². The fourth-order valence-corrected chi connectivity index (χ4v) is 4.10. The molecule has 7 nitrogen and oxygen atoms in total. The maximum atomic E-state index is 12.5. The van der Waals surface area contributed by atoms with Crippen LogP contribution in [0.4, 0.5) is 5.69 Å². The zero-order valence-corrected chi connectivity index (χ0v) is 17.2. The second kappa shape index (κ2) is 10.1. The summed E-state index contributed by atoms with van der Waals surface area (Å²) in [6.45, 7) is 4.60. The van der Waals surface area contributed by atoms with Crippen molar-refractivity contribution in [2.24, 2.45) is 0 Å². The lowest BCUT2D eigenvalue weighted by molar-refractivity contribution is -0.116. The molecule has 8 heteroatoms. The van der Waals surface area contributed by atoms with Gasteiger partial charge in [-0.3, -0.25) is 4.79 Å². The molecule has 0 saturated carbocycles. The summed E-state index contributed by atoms with van der Waals surface area (Å²) >= 11 is 0. The Balaban J connectivity index is 1.90. The van der Waals surface area contributed by atoms with E-state index in [1.54, 1.807) is 45.2 Å². The van der Waals surface area contributed by atoms with Crippen LogP contribution in [0.25, 0.3) is 0 Å². The van der Waals surface area contributed by atoms with Gasteiger partial charge in [-0.2, -0.15) is 4.31 Å². The molecular weight excluding hydrogens is 380 g/mol. The molecule has 0 aliphatic rings. The molecule has 28 heavy (non-hydrogen) atoms. The fraction of sp³-hybridized carbons (Fsp3) is 0.350. The molecule has 2 aromatic rings. The van der Waals surface area contributed by atoms with Gasteiger partial charge in [-0.1, -0.05) is 26.0 Å². The SMILES string of the molecule is CCN(CC)S(=O)(=O)c1ccc(NC(=O)CCOc2ccccc2OC)cc1.